The number of nitrogens with two attached hydrogens (primary N) is 1. The molecule has 0 saturated heterocycles. The van der Waals surface area contributed by atoms with Gasteiger partial charge in [0.15, 0.2) is 0 Å². The van der Waals surface area contributed by atoms with E-state index in [1.807, 2.05) is 0 Å². The van der Waals surface area contributed by atoms with E-state index in [4.69, 9.17) is 5.73 Å². The van der Waals surface area contributed by atoms with Crippen LogP contribution in [0.15, 0.2) is 12.1 Å². The molecule has 2 rings (SSSR count). The van der Waals surface area contributed by atoms with Crippen LogP contribution < -0.4 is 5.73 Å². The van der Waals surface area contributed by atoms with Gasteiger partial charge in [-0.15, -0.1) is 0 Å². The molecule has 1 aromatic rings. The van der Waals surface area contributed by atoms with Crippen molar-refractivity contribution in [3.05, 3.63) is 32.4 Å². The van der Waals surface area contributed by atoms with Crippen LogP contribution in [0.4, 0.5) is 0 Å². The summed E-state index contributed by atoms with van der Waals surface area (Å²) in [6, 6.07) is 4.69. The molecule has 0 saturated carbocycles. The molecule has 1 nitrogen and oxygen atoms in total. The molecule has 1 aromatic carbocycles. The summed E-state index contributed by atoms with van der Waals surface area (Å²) in [5.74, 6) is 0. The molecule has 70 valence electrons. The van der Waals surface area contributed by atoms with E-state index in [0.717, 1.165) is 12.8 Å². The second-order valence-corrected chi connectivity index (χ2v) is 4.75. The molecular formula is C11H14IN. The van der Waals surface area contributed by atoms with Crippen LogP contribution >= 0.6 is 22.6 Å². The van der Waals surface area contributed by atoms with Crippen LogP contribution in [0.25, 0.3) is 0 Å². The van der Waals surface area contributed by atoms with Crippen molar-refractivity contribution in [3.8, 4) is 0 Å². The third-order valence-electron chi connectivity index (χ3n) is 2.87. The van der Waals surface area contributed by atoms with Crippen LogP contribution in [0.1, 0.15) is 36.1 Å². The van der Waals surface area contributed by atoms with E-state index in [-0.39, 0.29) is 6.04 Å². The smallest absolute Gasteiger partial charge is 0.0300 e. The van der Waals surface area contributed by atoms with Crippen LogP contribution in [-0.2, 0) is 12.8 Å². The minimum Gasteiger partial charge on any atom is -0.324 e. The van der Waals surface area contributed by atoms with Crippen molar-refractivity contribution in [2.75, 3.05) is 0 Å². The summed E-state index contributed by atoms with van der Waals surface area (Å²) < 4.78 is 1.40. The number of halogens is 1. The minimum absolute atomic E-state index is 0.289. The van der Waals surface area contributed by atoms with Crippen LogP contribution in [-0.4, -0.2) is 0 Å². The molecule has 0 radical (unpaired) electrons. The van der Waals surface area contributed by atoms with Gasteiger partial charge in [-0.1, -0.05) is 13.0 Å². The fraction of sp³-hybridized carbons (Fsp3) is 0.455. The van der Waals surface area contributed by atoms with Gasteiger partial charge < -0.3 is 5.73 Å². The van der Waals surface area contributed by atoms with E-state index >= 15 is 0 Å². The summed E-state index contributed by atoms with van der Waals surface area (Å²) in [4.78, 5) is 0. The lowest BCUT2D eigenvalue weighted by Crippen LogP contribution is -2.05. The Morgan fingerprint density at radius 3 is 3.00 bits per heavy atom. The molecule has 1 unspecified atom stereocenters. The maximum Gasteiger partial charge on any atom is 0.0300 e. The van der Waals surface area contributed by atoms with Crippen molar-refractivity contribution >= 4 is 22.6 Å². The number of rotatable bonds is 1. The highest BCUT2D eigenvalue weighted by Gasteiger charge is 2.21. The van der Waals surface area contributed by atoms with E-state index in [1.165, 1.54) is 26.7 Å². The van der Waals surface area contributed by atoms with E-state index in [9.17, 15) is 0 Å². The molecule has 0 aromatic heterocycles. The van der Waals surface area contributed by atoms with E-state index in [2.05, 4.69) is 41.6 Å². The Labute approximate surface area is 92.9 Å². The first-order valence-corrected chi connectivity index (χ1v) is 5.87. The van der Waals surface area contributed by atoms with Gasteiger partial charge in [0.1, 0.15) is 0 Å². The highest BCUT2D eigenvalue weighted by Crippen LogP contribution is 2.33. The molecule has 2 heteroatoms. The van der Waals surface area contributed by atoms with E-state index in [0.29, 0.717) is 0 Å². The average molecular weight is 287 g/mol. The van der Waals surface area contributed by atoms with Crippen LogP contribution in [0.5, 0.6) is 0 Å². The number of hydrogen-bond acceptors (Lipinski definition) is 1. The number of hydrogen-bond donors (Lipinski definition) is 1. The van der Waals surface area contributed by atoms with Crippen LogP contribution in [0.2, 0.25) is 0 Å². The highest BCUT2D eigenvalue weighted by molar-refractivity contribution is 14.1. The molecular weight excluding hydrogens is 273 g/mol. The second-order valence-electron chi connectivity index (χ2n) is 3.59. The third kappa shape index (κ3) is 1.50. The second kappa shape index (κ2) is 3.58. The van der Waals surface area contributed by atoms with Crippen LogP contribution in [0.3, 0.4) is 0 Å². The quantitative estimate of drug-likeness (QED) is 0.790. The maximum atomic E-state index is 6.02. The molecule has 1 atom stereocenters. The minimum atomic E-state index is 0.289. The summed E-state index contributed by atoms with van der Waals surface area (Å²) in [5.41, 5.74) is 10.5. The molecule has 0 heterocycles. The summed E-state index contributed by atoms with van der Waals surface area (Å²) in [7, 11) is 0. The maximum absolute atomic E-state index is 6.02. The Morgan fingerprint density at radius 1 is 1.54 bits per heavy atom. The van der Waals surface area contributed by atoms with E-state index in [1.54, 1.807) is 0 Å². The van der Waals surface area contributed by atoms with E-state index < -0.39 is 0 Å². The first-order chi connectivity index (χ1) is 6.24. The molecule has 0 spiro atoms. The monoisotopic (exact) mass is 287 g/mol. The Morgan fingerprint density at radius 2 is 2.31 bits per heavy atom. The van der Waals surface area contributed by atoms with Crippen molar-refractivity contribution in [1.82, 2.24) is 0 Å². The zero-order valence-electron chi connectivity index (χ0n) is 7.81. The molecule has 0 amide bonds. The highest BCUT2D eigenvalue weighted by atomic mass is 127. The van der Waals surface area contributed by atoms with Crippen molar-refractivity contribution in [1.29, 1.82) is 0 Å². The topological polar surface area (TPSA) is 26.0 Å². The van der Waals surface area contributed by atoms with Gasteiger partial charge in [0.2, 0.25) is 0 Å². The van der Waals surface area contributed by atoms with Gasteiger partial charge in [-0.3, -0.25) is 0 Å². The Balaban J connectivity index is 2.57. The zero-order valence-corrected chi connectivity index (χ0v) is 9.97. The predicted molar refractivity (Wildman–Crippen MR) is 63.8 cm³/mol. The molecule has 1 aliphatic carbocycles. The lowest BCUT2D eigenvalue weighted by atomic mass is 10.0. The Bertz CT molecular complexity index is 333. The first-order valence-electron chi connectivity index (χ1n) is 4.79. The molecule has 0 fully saturated rings. The van der Waals surface area contributed by atoms with Gasteiger partial charge in [-0.2, -0.15) is 0 Å². The van der Waals surface area contributed by atoms with Crippen molar-refractivity contribution in [2.45, 2.75) is 32.2 Å². The summed E-state index contributed by atoms with van der Waals surface area (Å²) in [6.07, 6.45) is 3.44. The Hall–Kier alpha value is -0.0900. The lowest BCUT2D eigenvalue weighted by Gasteiger charge is -2.10. The van der Waals surface area contributed by atoms with Crippen molar-refractivity contribution < 1.29 is 0 Å². The summed E-state index contributed by atoms with van der Waals surface area (Å²) in [5, 5.41) is 0. The third-order valence-corrected chi connectivity index (χ3v) is 3.88. The molecule has 0 bridgehead atoms. The summed E-state index contributed by atoms with van der Waals surface area (Å²) in [6.45, 7) is 2.22. The first kappa shape index (κ1) is 9.46. The van der Waals surface area contributed by atoms with Gasteiger partial charge in [0, 0.05) is 9.61 Å². The van der Waals surface area contributed by atoms with Gasteiger partial charge in [0.25, 0.3) is 0 Å². The normalized spacial score (nSPS) is 20.4. The molecule has 1 aliphatic rings. The van der Waals surface area contributed by atoms with Crippen molar-refractivity contribution in [3.63, 3.8) is 0 Å². The fourth-order valence-corrected chi connectivity index (χ4v) is 3.05. The standard InChI is InChI=1S/C11H14IN/c1-2-7-8-4-6-11(13)9(8)3-5-10(7)12/h3,5,11H,2,4,6,13H2,1H3. The number of fused-ring (bicyclic) bond motifs is 1. The Kier molecular flexibility index (Phi) is 2.60. The fourth-order valence-electron chi connectivity index (χ4n) is 2.16. The van der Waals surface area contributed by atoms with Gasteiger partial charge in [-0.05, 0) is 64.6 Å². The van der Waals surface area contributed by atoms with Gasteiger partial charge >= 0.3 is 0 Å². The molecule has 0 aliphatic heterocycles. The van der Waals surface area contributed by atoms with Crippen LogP contribution in [0, 0.1) is 3.57 Å². The molecule has 13 heavy (non-hydrogen) atoms. The lowest BCUT2D eigenvalue weighted by molar-refractivity contribution is 0.713. The summed E-state index contributed by atoms with van der Waals surface area (Å²) >= 11 is 2.42. The largest absolute Gasteiger partial charge is 0.324 e. The SMILES string of the molecule is CCc1c(I)ccc2c1CCC2N. The predicted octanol–water partition coefficient (Wildman–Crippen LogP) is 2.80. The van der Waals surface area contributed by atoms with Crippen molar-refractivity contribution in [2.24, 2.45) is 5.73 Å². The van der Waals surface area contributed by atoms with Gasteiger partial charge in [0.05, 0.1) is 0 Å². The van der Waals surface area contributed by atoms with Gasteiger partial charge in [-0.25, -0.2) is 0 Å². The zero-order chi connectivity index (χ0) is 9.42. The molecule has 2 N–H and O–H groups in total. The average Bonchev–Trinajstić information content (AvgIpc) is 2.48. The number of benzene rings is 1.